The lowest BCUT2D eigenvalue weighted by atomic mass is 9.85. The average Bonchev–Trinajstić information content (AvgIpc) is 3.80. The minimum atomic E-state index is -1.33. The second kappa shape index (κ2) is 24.7. The highest BCUT2D eigenvalue weighted by Crippen LogP contribution is 2.37. The third-order valence-corrected chi connectivity index (χ3v) is 13.2. The Balaban J connectivity index is 0.000000313. The molecule has 2 aliphatic heterocycles. The SMILES string of the molecule is CC(=O)c1ccccc1.CC(C)[C@H](NCc1cccc(C(C)(C)C)c1O)C(=O)N1CCCC1.CC1(C)OB(CC#C[Si](C)(C)C)OC1(C)C.C[C@](O)(CC#C[Si](C)(C)C)c1ccccc1. The minimum Gasteiger partial charge on any atom is -0.507 e. The van der Waals surface area contributed by atoms with Gasteiger partial charge in [-0.25, -0.2) is 0 Å². The van der Waals surface area contributed by atoms with E-state index >= 15 is 0 Å². The quantitative estimate of drug-likeness (QED) is 0.111. The Morgan fingerprint density at radius 1 is 0.785 bits per heavy atom. The van der Waals surface area contributed by atoms with E-state index in [1.165, 1.54) is 0 Å². The molecule has 2 saturated heterocycles. The zero-order valence-corrected chi connectivity index (χ0v) is 45.2. The van der Waals surface area contributed by atoms with Crippen LogP contribution in [0.1, 0.15) is 122 Å². The Morgan fingerprint density at radius 2 is 1.28 bits per heavy atom. The summed E-state index contributed by atoms with van der Waals surface area (Å²) in [7, 11) is -2.78. The van der Waals surface area contributed by atoms with E-state index < -0.39 is 21.7 Å². The molecule has 2 heterocycles. The molecule has 0 aromatic heterocycles. The number of amides is 1. The first-order valence-corrected chi connectivity index (χ1v) is 30.4. The Hall–Kier alpha value is -3.94. The lowest BCUT2D eigenvalue weighted by Crippen LogP contribution is -2.48. The normalized spacial score (nSPS) is 16.7. The summed E-state index contributed by atoms with van der Waals surface area (Å²) < 4.78 is 11.7. The molecule has 3 aromatic rings. The zero-order chi connectivity index (χ0) is 49.4. The second-order valence-corrected chi connectivity index (χ2v) is 31.4. The number of aromatic hydroxyl groups is 1. The first-order chi connectivity index (χ1) is 29.9. The molecule has 65 heavy (non-hydrogen) atoms. The maximum absolute atomic E-state index is 12.7. The van der Waals surface area contributed by atoms with Crippen LogP contribution in [0.2, 0.25) is 45.6 Å². The summed E-state index contributed by atoms with van der Waals surface area (Å²) in [6.45, 7) is 37.6. The fraction of sp³-hybridized carbons (Fsp3) is 0.556. The molecule has 5 rings (SSSR count). The van der Waals surface area contributed by atoms with Gasteiger partial charge < -0.3 is 29.7 Å². The number of carbonyl (C=O) groups excluding carboxylic acids is 2. The summed E-state index contributed by atoms with van der Waals surface area (Å²) in [5.74, 6) is 7.20. The van der Waals surface area contributed by atoms with Crippen molar-refractivity contribution in [2.24, 2.45) is 5.92 Å². The Bertz CT molecular complexity index is 2060. The van der Waals surface area contributed by atoms with Crippen molar-refractivity contribution < 1.29 is 29.1 Å². The van der Waals surface area contributed by atoms with Crippen molar-refractivity contribution in [2.75, 3.05) is 13.1 Å². The fourth-order valence-corrected chi connectivity index (χ4v) is 8.05. The van der Waals surface area contributed by atoms with Gasteiger partial charge in [0, 0.05) is 43.5 Å². The summed E-state index contributed by atoms with van der Waals surface area (Å²) in [5.41, 5.74) is 8.68. The molecule has 2 aliphatic rings. The number of Topliss-reactive ketones (excluding diaryl/α,β-unsaturated/α-hetero) is 1. The molecule has 0 spiro atoms. The number of nitrogens with zero attached hydrogens (tertiary/aromatic N) is 1. The Morgan fingerprint density at radius 3 is 1.72 bits per heavy atom. The van der Waals surface area contributed by atoms with Crippen molar-refractivity contribution in [3.8, 4) is 28.7 Å². The van der Waals surface area contributed by atoms with E-state index in [-0.39, 0.29) is 47.4 Å². The predicted molar refractivity (Wildman–Crippen MR) is 278 cm³/mol. The molecule has 3 aromatic carbocycles. The van der Waals surface area contributed by atoms with Gasteiger partial charge >= 0.3 is 7.12 Å². The molecular formula is C54H83BN2O6Si2. The van der Waals surface area contributed by atoms with Gasteiger partial charge in [0.25, 0.3) is 0 Å². The number of nitrogens with one attached hydrogen (secondary N) is 1. The number of para-hydroxylation sites is 1. The number of ketones is 1. The number of hydrogen-bond acceptors (Lipinski definition) is 7. The number of phenols is 1. The third kappa shape index (κ3) is 20.2. The van der Waals surface area contributed by atoms with Gasteiger partial charge in [0.1, 0.15) is 21.9 Å². The third-order valence-electron chi connectivity index (χ3n) is 11.3. The van der Waals surface area contributed by atoms with Gasteiger partial charge in [-0.15, -0.1) is 22.9 Å². The van der Waals surface area contributed by atoms with Crippen LogP contribution in [0.15, 0.2) is 78.9 Å². The van der Waals surface area contributed by atoms with Crippen LogP contribution in [0.4, 0.5) is 0 Å². The van der Waals surface area contributed by atoms with Crippen molar-refractivity contribution in [1.29, 1.82) is 0 Å². The first kappa shape index (κ1) is 57.2. The standard InChI is InChI=1S/C20H32N2O2.C14H20OSi.C12H23BO2Si.C8H8O/c1-14(2)17(19(24)22-11-6-7-12-22)21-13-15-9-8-10-16(18(15)23)20(3,4)5;1-14(15,11-8-12-16(2,3)4)13-9-6-5-7-10-13;1-11(2)12(3,4)15-13(14-11)9-8-10-16(5,6)7;1-7(9)8-5-3-2-4-6-8/h8-10,14,17,21,23H,6-7,11-13H2,1-5H3;5-7,9-10,15H,11H2,1-4H3;9H2,1-7H3;2-6H,1H3/t17-;14-;;/m00../s1. The Labute approximate surface area is 397 Å². The molecule has 0 unspecified atom stereocenters. The average molecular weight is 923 g/mol. The Kier molecular flexibility index (Phi) is 21.7. The summed E-state index contributed by atoms with van der Waals surface area (Å²) in [5, 5.41) is 24.3. The van der Waals surface area contributed by atoms with E-state index in [9.17, 15) is 19.8 Å². The van der Waals surface area contributed by atoms with Crippen LogP contribution in [0.3, 0.4) is 0 Å². The number of likely N-dealkylation sites (tertiary alicyclic amines) is 1. The lowest BCUT2D eigenvalue weighted by molar-refractivity contribution is -0.133. The van der Waals surface area contributed by atoms with E-state index in [0.29, 0.717) is 25.0 Å². The number of carbonyl (C=O) groups is 2. The van der Waals surface area contributed by atoms with E-state index in [2.05, 4.69) is 130 Å². The van der Waals surface area contributed by atoms with Crippen molar-refractivity contribution in [3.63, 3.8) is 0 Å². The van der Waals surface area contributed by atoms with Gasteiger partial charge in [0.2, 0.25) is 5.91 Å². The topological polar surface area (TPSA) is 108 Å². The monoisotopic (exact) mass is 923 g/mol. The van der Waals surface area contributed by atoms with Gasteiger partial charge in [-0.05, 0) is 76.8 Å². The van der Waals surface area contributed by atoms with Crippen molar-refractivity contribution in [3.05, 3.63) is 101 Å². The molecule has 0 aliphatic carbocycles. The molecule has 2 atom stereocenters. The van der Waals surface area contributed by atoms with Gasteiger partial charge in [-0.2, -0.15) is 0 Å². The van der Waals surface area contributed by atoms with Crippen molar-refractivity contribution in [1.82, 2.24) is 10.2 Å². The van der Waals surface area contributed by atoms with E-state index in [1.807, 2.05) is 90.7 Å². The maximum Gasteiger partial charge on any atom is 0.470 e. The van der Waals surface area contributed by atoms with Crippen LogP contribution in [-0.2, 0) is 31.7 Å². The number of rotatable bonds is 9. The van der Waals surface area contributed by atoms with Crippen LogP contribution in [-0.4, -0.2) is 80.4 Å². The summed E-state index contributed by atoms with van der Waals surface area (Å²) in [6, 6.07) is 24.6. The van der Waals surface area contributed by atoms with Crippen LogP contribution < -0.4 is 5.32 Å². The molecule has 3 N–H and O–H groups in total. The van der Waals surface area contributed by atoms with Crippen LogP contribution >= 0.6 is 0 Å². The largest absolute Gasteiger partial charge is 0.507 e. The highest BCUT2D eigenvalue weighted by molar-refractivity contribution is 6.84. The van der Waals surface area contributed by atoms with Crippen LogP contribution in [0.25, 0.3) is 0 Å². The van der Waals surface area contributed by atoms with Crippen LogP contribution in [0, 0.1) is 28.8 Å². The van der Waals surface area contributed by atoms with E-state index in [0.717, 1.165) is 48.2 Å². The maximum atomic E-state index is 12.7. The molecule has 0 radical (unpaired) electrons. The van der Waals surface area contributed by atoms with Gasteiger partial charge in [-0.3, -0.25) is 9.59 Å². The second-order valence-electron chi connectivity index (χ2n) is 21.9. The number of aliphatic hydroxyl groups is 1. The zero-order valence-electron chi connectivity index (χ0n) is 43.2. The smallest absolute Gasteiger partial charge is 0.470 e. The molecule has 0 saturated carbocycles. The molecule has 356 valence electrons. The van der Waals surface area contributed by atoms with Gasteiger partial charge in [-0.1, -0.05) is 153 Å². The molecule has 8 nitrogen and oxygen atoms in total. The van der Waals surface area contributed by atoms with Crippen molar-refractivity contribution >= 4 is 35.0 Å². The summed E-state index contributed by atoms with van der Waals surface area (Å²) in [6.07, 6.45) is 3.38. The summed E-state index contributed by atoms with van der Waals surface area (Å²) in [4.78, 5) is 25.3. The minimum absolute atomic E-state index is 0.108. The lowest BCUT2D eigenvalue weighted by Gasteiger charge is -2.32. The fourth-order valence-electron chi connectivity index (χ4n) is 6.80. The summed E-state index contributed by atoms with van der Waals surface area (Å²) >= 11 is 0. The molecule has 0 bridgehead atoms. The molecule has 2 fully saturated rings. The van der Waals surface area contributed by atoms with Gasteiger partial charge in [0.15, 0.2) is 5.78 Å². The number of hydrogen-bond donors (Lipinski definition) is 3. The predicted octanol–water partition coefficient (Wildman–Crippen LogP) is 11.4. The first-order valence-electron chi connectivity index (χ1n) is 23.4. The van der Waals surface area contributed by atoms with Gasteiger partial charge in [0.05, 0.1) is 22.8 Å². The van der Waals surface area contributed by atoms with Crippen LogP contribution in [0.5, 0.6) is 5.75 Å². The number of phenolic OH excluding ortho intramolecular Hbond substituents is 1. The number of benzene rings is 3. The molecule has 11 heteroatoms. The van der Waals surface area contributed by atoms with Crippen molar-refractivity contribution in [2.45, 2.75) is 176 Å². The molecular weight excluding hydrogens is 840 g/mol. The molecule has 1 amide bonds. The highest BCUT2D eigenvalue weighted by Gasteiger charge is 2.50. The van der Waals surface area contributed by atoms with E-state index in [4.69, 9.17) is 9.31 Å². The highest BCUT2D eigenvalue weighted by atomic mass is 28.3. The van der Waals surface area contributed by atoms with E-state index in [1.54, 1.807) is 6.92 Å².